The lowest BCUT2D eigenvalue weighted by atomic mass is 9.97. The van der Waals surface area contributed by atoms with E-state index in [-0.39, 0.29) is 18.3 Å². The number of aliphatic hydroxyl groups is 1. The standard InChI is InChI=1S/C16H17ClN2O3/c1-16(9-20,11-5-6-11)18-15(21)14-8-13(19-22-14)10-3-2-4-12(17)7-10/h2-4,7-8,11,20H,5-6,9H2,1H3,(H,18,21). The molecular weight excluding hydrogens is 304 g/mol. The van der Waals surface area contributed by atoms with E-state index in [9.17, 15) is 9.90 Å². The number of aromatic nitrogens is 1. The van der Waals surface area contributed by atoms with Crippen molar-refractivity contribution in [2.75, 3.05) is 6.61 Å². The van der Waals surface area contributed by atoms with Gasteiger partial charge in [-0.2, -0.15) is 0 Å². The van der Waals surface area contributed by atoms with Crippen molar-refractivity contribution in [2.45, 2.75) is 25.3 Å². The van der Waals surface area contributed by atoms with Gasteiger partial charge in [0.2, 0.25) is 5.76 Å². The quantitative estimate of drug-likeness (QED) is 0.888. The van der Waals surface area contributed by atoms with Crippen LogP contribution in [0.5, 0.6) is 0 Å². The molecule has 0 radical (unpaired) electrons. The number of rotatable bonds is 5. The Kier molecular flexibility index (Phi) is 3.93. The maximum atomic E-state index is 12.3. The molecule has 1 heterocycles. The van der Waals surface area contributed by atoms with E-state index in [0.29, 0.717) is 16.6 Å². The van der Waals surface area contributed by atoms with Gasteiger partial charge in [0, 0.05) is 16.7 Å². The third kappa shape index (κ3) is 3.00. The summed E-state index contributed by atoms with van der Waals surface area (Å²) in [6.45, 7) is 1.75. The van der Waals surface area contributed by atoms with E-state index in [1.807, 2.05) is 19.1 Å². The van der Waals surface area contributed by atoms with Gasteiger partial charge >= 0.3 is 0 Å². The number of carbonyl (C=O) groups is 1. The van der Waals surface area contributed by atoms with Crippen LogP contribution >= 0.6 is 11.6 Å². The number of nitrogens with one attached hydrogen (secondary N) is 1. The first-order valence-electron chi connectivity index (χ1n) is 7.18. The maximum Gasteiger partial charge on any atom is 0.290 e. The van der Waals surface area contributed by atoms with Crippen LogP contribution in [-0.2, 0) is 0 Å². The fourth-order valence-corrected chi connectivity index (χ4v) is 2.67. The zero-order valence-corrected chi connectivity index (χ0v) is 12.9. The summed E-state index contributed by atoms with van der Waals surface area (Å²) in [6, 6.07) is 8.74. The molecule has 0 aliphatic heterocycles. The Morgan fingerprint density at radius 3 is 2.91 bits per heavy atom. The second-order valence-electron chi connectivity index (χ2n) is 5.89. The van der Waals surface area contributed by atoms with Gasteiger partial charge < -0.3 is 14.9 Å². The summed E-state index contributed by atoms with van der Waals surface area (Å²) >= 11 is 5.95. The third-order valence-corrected chi connectivity index (χ3v) is 4.30. The fraction of sp³-hybridized carbons (Fsp3) is 0.375. The second-order valence-corrected chi connectivity index (χ2v) is 6.33. The third-order valence-electron chi connectivity index (χ3n) is 4.06. The number of hydrogen-bond donors (Lipinski definition) is 2. The highest BCUT2D eigenvalue weighted by atomic mass is 35.5. The van der Waals surface area contributed by atoms with Gasteiger partial charge in [0.25, 0.3) is 5.91 Å². The normalized spacial score (nSPS) is 17.0. The molecule has 0 bridgehead atoms. The van der Waals surface area contributed by atoms with Crippen molar-refractivity contribution < 1.29 is 14.4 Å². The Morgan fingerprint density at radius 2 is 2.27 bits per heavy atom. The molecule has 1 fully saturated rings. The maximum absolute atomic E-state index is 12.3. The Hall–Kier alpha value is -1.85. The summed E-state index contributed by atoms with van der Waals surface area (Å²) in [5.41, 5.74) is 0.715. The minimum Gasteiger partial charge on any atom is -0.394 e. The Morgan fingerprint density at radius 1 is 1.50 bits per heavy atom. The zero-order valence-electron chi connectivity index (χ0n) is 12.2. The first-order valence-corrected chi connectivity index (χ1v) is 7.56. The van der Waals surface area contributed by atoms with Gasteiger partial charge in [-0.25, -0.2) is 0 Å². The first-order chi connectivity index (χ1) is 10.5. The van der Waals surface area contributed by atoms with Crippen LogP contribution in [-0.4, -0.2) is 28.3 Å². The molecule has 1 aliphatic carbocycles. The fourth-order valence-electron chi connectivity index (χ4n) is 2.48. The largest absolute Gasteiger partial charge is 0.394 e. The molecule has 2 aromatic rings. The molecule has 22 heavy (non-hydrogen) atoms. The molecule has 0 spiro atoms. The summed E-state index contributed by atoms with van der Waals surface area (Å²) in [5.74, 6) is 0.0660. The van der Waals surface area contributed by atoms with Gasteiger partial charge in [-0.05, 0) is 37.8 Å². The molecule has 1 amide bonds. The Labute approximate surface area is 133 Å². The molecule has 1 saturated carbocycles. The van der Waals surface area contributed by atoms with Crippen LogP contribution in [0.1, 0.15) is 30.3 Å². The van der Waals surface area contributed by atoms with E-state index in [4.69, 9.17) is 16.1 Å². The highest BCUT2D eigenvalue weighted by molar-refractivity contribution is 6.30. The van der Waals surface area contributed by atoms with Crippen molar-refractivity contribution in [3.8, 4) is 11.3 Å². The van der Waals surface area contributed by atoms with Crippen molar-refractivity contribution in [2.24, 2.45) is 5.92 Å². The topological polar surface area (TPSA) is 75.4 Å². The average Bonchev–Trinajstić information content (AvgIpc) is 3.25. The lowest BCUT2D eigenvalue weighted by molar-refractivity contribution is 0.0788. The number of amides is 1. The molecule has 1 aromatic carbocycles. The molecule has 1 aliphatic rings. The number of benzene rings is 1. The zero-order chi connectivity index (χ0) is 15.7. The summed E-state index contributed by atoms with van der Waals surface area (Å²) in [7, 11) is 0. The van der Waals surface area contributed by atoms with Crippen LogP contribution in [0.3, 0.4) is 0 Å². The number of carbonyl (C=O) groups excluding carboxylic acids is 1. The molecule has 0 saturated heterocycles. The van der Waals surface area contributed by atoms with E-state index in [0.717, 1.165) is 18.4 Å². The minimum absolute atomic E-state index is 0.0985. The predicted octanol–water partition coefficient (Wildman–Crippen LogP) is 2.89. The van der Waals surface area contributed by atoms with E-state index in [1.165, 1.54) is 0 Å². The average molecular weight is 321 g/mol. The lowest BCUT2D eigenvalue weighted by Gasteiger charge is -2.28. The number of nitrogens with zero attached hydrogens (tertiary/aromatic N) is 1. The van der Waals surface area contributed by atoms with Crippen molar-refractivity contribution in [3.05, 3.63) is 41.1 Å². The van der Waals surface area contributed by atoms with Crippen LogP contribution in [0, 0.1) is 5.92 Å². The molecule has 116 valence electrons. The molecule has 2 N–H and O–H groups in total. The Bertz CT molecular complexity index is 696. The van der Waals surface area contributed by atoms with Crippen LogP contribution in [0.25, 0.3) is 11.3 Å². The first kappa shape index (κ1) is 15.1. The van der Waals surface area contributed by atoms with E-state index >= 15 is 0 Å². The highest BCUT2D eigenvalue weighted by Gasteiger charge is 2.42. The van der Waals surface area contributed by atoms with Gasteiger partial charge in [0.1, 0.15) is 5.69 Å². The molecule has 1 atom stereocenters. The summed E-state index contributed by atoms with van der Waals surface area (Å²) in [4.78, 5) is 12.3. The summed E-state index contributed by atoms with van der Waals surface area (Å²) in [5, 5.41) is 16.9. The molecule has 1 aromatic heterocycles. The van der Waals surface area contributed by atoms with Crippen molar-refractivity contribution in [1.82, 2.24) is 10.5 Å². The van der Waals surface area contributed by atoms with Crippen LogP contribution < -0.4 is 5.32 Å². The number of halogens is 1. The smallest absolute Gasteiger partial charge is 0.290 e. The Balaban J connectivity index is 1.77. The molecule has 5 nitrogen and oxygen atoms in total. The highest BCUT2D eigenvalue weighted by Crippen LogP contribution is 2.39. The van der Waals surface area contributed by atoms with E-state index in [2.05, 4.69) is 10.5 Å². The van der Waals surface area contributed by atoms with Gasteiger partial charge in [-0.1, -0.05) is 28.9 Å². The minimum atomic E-state index is -0.611. The molecule has 3 rings (SSSR count). The number of aliphatic hydroxyl groups excluding tert-OH is 1. The van der Waals surface area contributed by atoms with Crippen molar-refractivity contribution in [1.29, 1.82) is 0 Å². The van der Waals surface area contributed by atoms with E-state index < -0.39 is 5.54 Å². The van der Waals surface area contributed by atoms with Gasteiger partial charge in [0.15, 0.2) is 0 Å². The van der Waals surface area contributed by atoms with Crippen LogP contribution in [0.4, 0.5) is 0 Å². The number of hydrogen-bond acceptors (Lipinski definition) is 4. The predicted molar refractivity (Wildman–Crippen MR) is 82.6 cm³/mol. The summed E-state index contributed by atoms with van der Waals surface area (Å²) < 4.78 is 5.12. The van der Waals surface area contributed by atoms with Crippen LogP contribution in [0.15, 0.2) is 34.9 Å². The SMILES string of the molecule is CC(CO)(NC(=O)c1cc(-c2cccc(Cl)c2)no1)C1CC1. The monoisotopic (exact) mass is 320 g/mol. The molecule has 6 heteroatoms. The van der Waals surface area contributed by atoms with E-state index in [1.54, 1.807) is 18.2 Å². The second kappa shape index (κ2) is 5.74. The summed E-state index contributed by atoms with van der Waals surface area (Å²) in [6.07, 6.45) is 2.03. The van der Waals surface area contributed by atoms with Gasteiger partial charge in [0.05, 0.1) is 12.1 Å². The molecular formula is C16H17ClN2O3. The van der Waals surface area contributed by atoms with Gasteiger partial charge in [-0.3, -0.25) is 4.79 Å². The van der Waals surface area contributed by atoms with Crippen molar-refractivity contribution >= 4 is 17.5 Å². The van der Waals surface area contributed by atoms with Crippen molar-refractivity contribution in [3.63, 3.8) is 0 Å². The van der Waals surface area contributed by atoms with Gasteiger partial charge in [-0.15, -0.1) is 0 Å². The lowest BCUT2D eigenvalue weighted by Crippen LogP contribution is -2.50. The molecule has 1 unspecified atom stereocenters. The van der Waals surface area contributed by atoms with Crippen LogP contribution in [0.2, 0.25) is 5.02 Å².